The first-order valence-electron chi connectivity index (χ1n) is 8.98. The summed E-state index contributed by atoms with van der Waals surface area (Å²) in [7, 11) is -3.76. The average molecular weight is 389 g/mol. The third-order valence-electron chi connectivity index (χ3n) is 4.54. The number of hydrogen-bond donors (Lipinski definition) is 2. The van der Waals surface area contributed by atoms with Gasteiger partial charge in [0, 0.05) is 12.5 Å². The number of aryl methyl sites for hydroxylation is 1. The Morgan fingerprint density at radius 1 is 1.19 bits per heavy atom. The number of benzene rings is 2. The van der Waals surface area contributed by atoms with Gasteiger partial charge < -0.3 is 9.84 Å². The van der Waals surface area contributed by atoms with Crippen LogP contribution in [0.25, 0.3) is 0 Å². The molecule has 6 nitrogen and oxygen atoms in total. The summed E-state index contributed by atoms with van der Waals surface area (Å²) < 4.78 is 34.0. The number of nitrogens with one attached hydrogen (secondary N) is 1. The Balaban J connectivity index is 1.79. The minimum Gasteiger partial charge on any atom is -0.493 e. The molecule has 1 aliphatic heterocycles. The van der Waals surface area contributed by atoms with Crippen LogP contribution in [0.3, 0.4) is 0 Å². The Kier molecular flexibility index (Phi) is 6.13. The van der Waals surface area contributed by atoms with E-state index >= 15 is 0 Å². The van der Waals surface area contributed by atoms with Gasteiger partial charge >= 0.3 is 5.97 Å². The molecule has 0 saturated carbocycles. The summed E-state index contributed by atoms with van der Waals surface area (Å²) in [5.74, 6) is -0.217. The molecule has 1 aliphatic rings. The molecule has 0 amide bonds. The van der Waals surface area contributed by atoms with Crippen LogP contribution in [0.15, 0.2) is 53.4 Å². The summed E-state index contributed by atoms with van der Waals surface area (Å²) in [6, 6.07) is 13.8. The zero-order valence-electron chi connectivity index (χ0n) is 14.9. The second kappa shape index (κ2) is 8.54. The number of carboxylic acids is 1. The molecule has 2 aromatic rings. The number of sulfonamides is 1. The molecule has 0 aromatic heterocycles. The van der Waals surface area contributed by atoms with Crippen LogP contribution in [0, 0.1) is 0 Å². The first-order chi connectivity index (χ1) is 12.9. The van der Waals surface area contributed by atoms with Crippen molar-refractivity contribution in [1.82, 2.24) is 4.72 Å². The molecule has 144 valence electrons. The lowest BCUT2D eigenvalue weighted by molar-refractivity contribution is -0.137. The molecule has 2 N–H and O–H groups in total. The normalized spacial score (nSPS) is 14.8. The molecular formula is C20H23NO5S. The van der Waals surface area contributed by atoms with Crippen LogP contribution < -0.4 is 9.46 Å². The summed E-state index contributed by atoms with van der Waals surface area (Å²) in [4.78, 5) is 11.1. The van der Waals surface area contributed by atoms with E-state index in [0.717, 1.165) is 29.7 Å². The third-order valence-corrected chi connectivity index (χ3v) is 6.06. The van der Waals surface area contributed by atoms with Crippen molar-refractivity contribution >= 4 is 16.0 Å². The van der Waals surface area contributed by atoms with Crippen LogP contribution >= 0.6 is 0 Å². The van der Waals surface area contributed by atoms with Gasteiger partial charge in [0.25, 0.3) is 0 Å². The standard InChI is InChI=1S/C20H23NO5S/c22-20(23)11-8-17(13-15-5-2-1-3-6-15)21-27(24,25)18-9-10-19-16(14-18)7-4-12-26-19/h1-3,5-6,9-10,14,17,21H,4,7-8,11-13H2,(H,22,23). The Morgan fingerprint density at radius 2 is 1.96 bits per heavy atom. The highest BCUT2D eigenvalue weighted by atomic mass is 32.2. The highest BCUT2D eigenvalue weighted by Gasteiger charge is 2.23. The van der Waals surface area contributed by atoms with Crippen molar-refractivity contribution in [2.75, 3.05) is 6.61 Å². The van der Waals surface area contributed by atoms with E-state index in [2.05, 4.69) is 4.72 Å². The number of ether oxygens (including phenoxy) is 1. The lowest BCUT2D eigenvalue weighted by Crippen LogP contribution is -2.37. The van der Waals surface area contributed by atoms with Gasteiger partial charge in [0.2, 0.25) is 10.0 Å². The number of aliphatic carboxylic acids is 1. The molecule has 1 heterocycles. The molecule has 0 radical (unpaired) electrons. The molecule has 3 rings (SSSR count). The number of fused-ring (bicyclic) bond motifs is 1. The Morgan fingerprint density at radius 3 is 2.70 bits per heavy atom. The van der Waals surface area contributed by atoms with E-state index < -0.39 is 22.0 Å². The molecule has 1 atom stereocenters. The predicted molar refractivity (Wildman–Crippen MR) is 101 cm³/mol. The lowest BCUT2D eigenvalue weighted by atomic mass is 10.0. The Hall–Kier alpha value is -2.38. The van der Waals surface area contributed by atoms with Crippen LogP contribution in [-0.4, -0.2) is 32.1 Å². The number of carboxylic acid groups (broad SMARTS) is 1. The largest absolute Gasteiger partial charge is 0.493 e. The maximum Gasteiger partial charge on any atom is 0.303 e. The molecule has 0 fully saturated rings. The van der Waals surface area contributed by atoms with Gasteiger partial charge in [-0.1, -0.05) is 30.3 Å². The number of carbonyl (C=O) groups is 1. The third kappa shape index (κ3) is 5.30. The molecule has 27 heavy (non-hydrogen) atoms. The quantitative estimate of drug-likeness (QED) is 0.724. The zero-order chi connectivity index (χ0) is 19.3. The highest BCUT2D eigenvalue weighted by Crippen LogP contribution is 2.27. The van der Waals surface area contributed by atoms with E-state index in [1.807, 2.05) is 30.3 Å². The van der Waals surface area contributed by atoms with Crippen molar-refractivity contribution < 1.29 is 23.1 Å². The fraction of sp³-hybridized carbons (Fsp3) is 0.350. The van der Waals surface area contributed by atoms with Crippen molar-refractivity contribution in [3.05, 3.63) is 59.7 Å². The number of hydrogen-bond acceptors (Lipinski definition) is 4. The molecular weight excluding hydrogens is 366 g/mol. The van der Waals surface area contributed by atoms with Gasteiger partial charge in [0.1, 0.15) is 5.75 Å². The fourth-order valence-electron chi connectivity index (χ4n) is 3.19. The Labute approximate surface area is 159 Å². The molecule has 0 bridgehead atoms. The maximum atomic E-state index is 12.9. The fourth-order valence-corrected chi connectivity index (χ4v) is 4.51. The average Bonchev–Trinajstić information content (AvgIpc) is 2.66. The van der Waals surface area contributed by atoms with Crippen LogP contribution in [0.1, 0.15) is 30.4 Å². The summed E-state index contributed by atoms with van der Waals surface area (Å²) >= 11 is 0. The molecule has 0 spiro atoms. The topological polar surface area (TPSA) is 92.7 Å². The smallest absolute Gasteiger partial charge is 0.303 e. The van der Waals surface area contributed by atoms with Crippen molar-refractivity contribution in [3.63, 3.8) is 0 Å². The lowest BCUT2D eigenvalue weighted by Gasteiger charge is -2.20. The van der Waals surface area contributed by atoms with Gasteiger partial charge in [-0.25, -0.2) is 13.1 Å². The van der Waals surface area contributed by atoms with E-state index in [4.69, 9.17) is 9.84 Å². The van der Waals surface area contributed by atoms with E-state index in [1.54, 1.807) is 12.1 Å². The van der Waals surface area contributed by atoms with Crippen LogP contribution in [0.5, 0.6) is 5.75 Å². The van der Waals surface area contributed by atoms with Gasteiger partial charge in [0.05, 0.1) is 11.5 Å². The first kappa shape index (κ1) is 19.4. The van der Waals surface area contributed by atoms with Crippen LogP contribution in [0.4, 0.5) is 0 Å². The summed E-state index contributed by atoms with van der Waals surface area (Å²) in [6.07, 6.45) is 2.20. The second-order valence-electron chi connectivity index (χ2n) is 6.66. The zero-order valence-corrected chi connectivity index (χ0v) is 15.7. The SMILES string of the molecule is O=C(O)CCC(Cc1ccccc1)NS(=O)(=O)c1ccc2c(c1)CCCO2. The van der Waals surface area contributed by atoms with E-state index in [0.29, 0.717) is 13.0 Å². The second-order valence-corrected chi connectivity index (χ2v) is 8.38. The van der Waals surface area contributed by atoms with Crippen LogP contribution in [-0.2, 0) is 27.7 Å². The van der Waals surface area contributed by atoms with Gasteiger partial charge in [0.15, 0.2) is 0 Å². The van der Waals surface area contributed by atoms with Crippen molar-refractivity contribution in [2.45, 2.75) is 43.0 Å². The first-order valence-corrected chi connectivity index (χ1v) is 10.5. The van der Waals surface area contributed by atoms with E-state index in [1.165, 1.54) is 6.07 Å². The monoisotopic (exact) mass is 389 g/mol. The van der Waals surface area contributed by atoms with E-state index in [9.17, 15) is 13.2 Å². The predicted octanol–water partition coefficient (Wildman–Crippen LogP) is 2.77. The summed E-state index contributed by atoms with van der Waals surface area (Å²) in [6.45, 7) is 0.645. The molecule has 2 aromatic carbocycles. The van der Waals surface area contributed by atoms with Gasteiger partial charge in [-0.15, -0.1) is 0 Å². The van der Waals surface area contributed by atoms with Gasteiger partial charge in [-0.05, 0) is 55.0 Å². The highest BCUT2D eigenvalue weighted by molar-refractivity contribution is 7.89. The summed E-state index contributed by atoms with van der Waals surface area (Å²) in [5, 5.41) is 8.99. The maximum absolute atomic E-state index is 12.9. The molecule has 0 saturated heterocycles. The van der Waals surface area contributed by atoms with Gasteiger partial charge in [-0.3, -0.25) is 4.79 Å². The van der Waals surface area contributed by atoms with Crippen LogP contribution in [0.2, 0.25) is 0 Å². The molecule has 7 heteroatoms. The molecule has 0 aliphatic carbocycles. The van der Waals surface area contributed by atoms with Crippen molar-refractivity contribution in [2.24, 2.45) is 0 Å². The minimum atomic E-state index is -3.76. The summed E-state index contributed by atoms with van der Waals surface area (Å²) in [5.41, 5.74) is 1.84. The number of rotatable bonds is 8. The van der Waals surface area contributed by atoms with E-state index in [-0.39, 0.29) is 17.7 Å². The van der Waals surface area contributed by atoms with Crippen molar-refractivity contribution in [3.8, 4) is 5.75 Å². The molecule has 1 unspecified atom stereocenters. The minimum absolute atomic E-state index is 0.0992. The van der Waals surface area contributed by atoms with Gasteiger partial charge in [-0.2, -0.15) is 0 Å². The Bertz CT molecular complexity index is 896. The van der Waals surface area contributed by atoms with Crippen molar-refractivity contribution in [1.29, 1.82) is 0 Å².